The molecule has 0 radical (unpaired) electrons. The molecule has 4 nitrogen and oxygen atoms in total. The van der Waals surface area contributed by atoms with Gasteiger partial charge in [0.2, 0.25) is 0 Å². The number of hydrogen-bond acceptors (Lipinski definition) is 5. The topological polar surface area (TPSA) is 57.9 Å². The molecule has 10 heteroatoms. The third-order valence-corrected chi connectivity index (χ3v) is 4.88. The summed E-state index contributed by atoms with van der Waals surface area (Å²) in [4.78, 5) is 4.35. The lowest BCUT2D eigenvalue weighted by Crippen LogP contribution is -2.33. The summed E-state index contributed by atoms with van der Waals surface area (Å²) in [6.07, 6.45) is -2.97. The fourth-order valence-electron chi connectivity index (χ4n) is 2.31. The summed E-state index contributed by atoms with van der Waals surface area (Å²) in [5.41, 5.74) is -1.62. The number of nitrogens with zero attached hydrogens (tertiary/aromatic N) is 2. The molecule has 1 heterocycles. The highest BCUT2D eigenvalue weighted by atomic mass is 35.5. The zero-order chi connectivity index (χ0) is 21.7. The van der Waals surface area contributed by atoms with Crippen molar-refractivity contribution in [2.75, 3.05) is 5.32 Å². The number of thiazole rings is 1. The number of benzene rings is 2. The van der Waals surface area contributed by atoms with Crippen molar-refractivity contribution in [2.45, 2.75) is 11.7 Å². The molecule has 0 fully saturated rings. The molecule has 0 spiro atoms. The van der Waals surface area contributed by atoms with Crippen LogP contribution in [-0.4, -0.2) is 16.7 Å². The first-order valence-corrected chi connectivity index (χ1v) is 9.64. The molecule has 1 unspecified atom stereocenters. The highest BCUT2D eigenvalue weighted by molar-refractivity contribution is 7.11. The summed E-state index contributed by atoms with van der Waals surface area (Å²) >= 11 is 6.00. The molecule has 0 saturated carbocycles. The summed E-state index contributed by atoms with van der Waals surface area (Å²) in [6.45, 7) is 0. The van der Waals surface area contributed by atoms with Gasteiger partial charge < -0.3 is 10.1 Å². The Balaban J connectivity index is 1.82. The van der Waals surface area contributed by atoms with E-state index < -0.39 is 11.7 Å². The molecule has 1 atom stereocenters. The predicted molar refractivity (Wildman–Crippen MR) is 107 cm³/mol. The Hall–Kier alpha value is -3.09. The number of nitriles is 1. The SMILES string of the molecule is N#C/C(=C\Nc1ccccc1OC(F)(F)C(F)Cl)c1nc(-c2ccc(F)cc2)cs1. The standard InChI is InChI=1S/C20H12ClF4N3OS/c21-19(23)20(24,25)29-17-4-2-1-3-15(17)27-10-13(9-26)18-28-16(11-30-18)12-5-7-14(22)8-6-12/h1-8,10-11,19,27H/b13-10+. The molecule has 0 bridgehead atoms. The molecule has 3 rings (SSSR count). The van der Waals surface area contributed by atoms with E-state index in [-0.39, 0.29) is 22.8 Å². The summed E-state index contributed by atoms with van der Waals surface area (Å²) in [6, 6.07) is 13.2. The molecular formula is C20H12ClF4N3OS. The van der Waals surface area contributed by atoms with E-state index in [1.807, 2.05) is 6.07 Å². The molecule has 0 aliphatic rings. The van der Waals surface area contributed by atoms with Gasteiger partial charge in [-0.3, -0.25) is 0 Å². The summed E-state index contributed by atoms with van der Waals surface area (Å²) in [7, 11) is 0. The quantitative estimate of drug-likeness (QED) is 0.254. The number of para-hydroxylation sites is 2. The zero-order valence-corrected chi connectivity index (χ0v) is 16.5. The maximum Gasteiger partial charge on any atom is 0.444 e. The van der Waals surface area contributed by atoms with Gasteiger partial charge in [-0.05, 0) is 36.4 Å². The van der Waals surface area contributed by atoms with E-state index in [0.717, 1.165) is 0 Å². The average molecular weight is 454 g/mol. The number of halogens is 5. The molecular weight excluding hydrogens is 442 g/mol. The Morgan fingerprint density at radius 3 is 2.60 bits per heavy atom. The second kappa shape index (κ2) is 9.15. The van der Waals surface area contributed by atoms with Gasteiger partial charge in [0.15, 0.2) is 0 Å². The van der Waals surface area contributed by atoms with Gasteiger partial charge in [-0.1, -0.05) is 23.7 Å². The van der Waals surface area contributed by atoms with Crippen molar-refractivity contribution in [3.63, 3.8) is 0 Å². The monoisotopic (exact) mass is 453 g/mol. The number of allylic oxidation sites excluding steroid dienone is 1. The molecule has 1 aromatic heterocycles. The van der Waals surface area contributed by atoms with Crippen LogP contribution in [0.5, 0.6) is 5.75 Å². The van der Waals surface area contributed by atoms with E-state index >= 15 is 0 Å². The second-order valence-corrected chi connectivity index (χ2v) is 7.06. The van der Waals surface area contributed by atoms with Gasteiger partial charge >= 0.3 is 6.11 Å². The number of hydrogen-bond donors (Lipinski definition) is 1. The van der Waals surface area contributed by atoms with Crippen molar-refractivity contribution in [2.24, 2.45) is 0 Å². The van der Waals surface area contributed by atoms with Crippen molar-refractivity contribution in [3.8, 4) is 23.1 Å². The molecule has 2 aromatic carbocycles. The summed E-state index contributed by atoms with van der Waals surface area (Å²) in [5.74, 6) is -0.735. The smallest absolute Gasteiger partial charge is 0.427 e. The van der Waals surface area contributed by atoms with E-state index in [9.17, 15) is 22.8 Å². The zero-order valence-electron chi connectivity index (χ0n) is 15.0. The van der Waals surface area contributed by atoms with Crippen LogP contribution in [-0.2, 0) is 0 Å². The average Bonchev–Trinajstić information content (AvgIpc) is 3.20. The Morgan fingerprint density at radius 1 is 1.23 bits per heavy atom. The molecule has 30 heavy (non-hydrogen) atoms. The number of aromatic nitrogens is 1. The first kappa shape index (κ1) is 21.6. The predicted octanol–water partition coefficient (Wildman–Crippen LogP) is 6.43. The van der Waals surface area contributed by atoms with Gasteiger partial charge in [0.25, 0.3) is 5.63 Å². The second-order valence-electron chi connectivity index (χ2n) is 5.82. The Labute approximate surface area is 178 Å². The van der Waals surface area contributed by atoms with Crippen LogP contribution in [0.2, 0.25) is 0 Å². The fraction of sp³-hybridized carbons (Fsp3) is 0.100. The van der Waals surface area contributed by atoms with Crippen LogP contribution in [0.4, 0.5) is 23.2 Å². The molecule has 0 saturated heterocycles. The van der Waals surface area contributed by atoms with Crippen molar-refractivity contribution in [1.82, 2.24) is 4.98 Å². The summed E-state index contributed by atoms with van der Waals surface area (Å²) in [5, 5.41) is 14.2. The first-order chi connectivity index (χ1) is 14.3. The molecule has 0 amide bonds. The van der Waals surface area contributed by atoms with Crippen molar-refractivity contribution < 1.29 is 22.3 Å². The number of alkyl halides is 4. The third kappa shape index (κ3) is 5.09. The first-order valence-electron chi connectivity index (χ1n) is 8.33. The minimum atomic E-state index is -4.24. The molecule has 3 aromatic rings. The maximum atomic E-state index is 13.5. The summed E-state index contributed by atoms with van der Waals surface area (Å²) < 4.78 is 57.2. The van der Waals surface area contributed by atoms with Crippen LogP contribution in [0.25, 0.3) is 16.8 Å². The van der Waals surface area contributed by atoms with E-state index in [4.69, 9.17) is 11.6 Å². The minimum Gasteiger partial charge on any atom is -0.427 e. The normalized spacial score (nSPS) is 12.9. The van der Waals surface area contributed by atoms with Gasteiger partial charge in [0, 0.05) is 17.1 Å². The van der Waals surface area contributed by atoms with Gasteiger partial charge in [-0.25, -0.2) is 13.8 Å². The number of anilines is 1. The highest BCUT2D eigenvalue weighted by Crippen LogP contribution is 2.34. The maximum absolute atomic E-state index is 13.5. The lowest BCUT2D eigenvalue weighted by atomic mass is 10.2. The number of nitrogens with one attached hydrogen (secondary N) is 1. The van der Waals surface area contributed by atoms with Gasteiger partial charge in [0.05, 0.1) is 11.4 Å². The Bertz CT molecular complexity index is 1090. The van der Waals surface area contributed by atoms with Crippen LogP contribution in [0.3, 0.4) is 0 Å². The molecule has 0 aliphatic carbocycles. The fourth-order valence-corrected chi connectivity index (χ4v) is 3.15. The minimum absolute atomic E-state index is 0.0672. The van der Waals surface area contributed by atoms with Crippen LogP contribution in [0, 0.1) is 17.1 Å². The van der Waals surface area contributed by atoms with E-state index in [2.05, 4.69) is 15.0 Å². The van der Waals surface area contributed by atoms with E-state index in [0.29, 0.717) is 16.3 Å². The van der Waals surface area contributed by atoms with Crippen LogP contribution < -0.4 is 10.1 Å². The lowest BCUT2D eigenvalue weighted by molar-refractivity contribution is -0.198. The van der Waals surface area contributed by atoms with E-state index in [1.54, 1.807) is 17.5 Å². The largest absolute Gasteiger partial charge is 0.444 e. The lowest BCUT2D eigenvalue weighted by Gasteiger charge is -2.19. The van der Waals surface area contributed by atoms with Crippen LogP contribution in [0.1, 0.15) is 5.01 Å². The molecule has 1 N–H and O–H groups in total. The molecule has 154 valence electrons. The van der Waals surface area contributed by atoms with Gasteiger partial charge in [-0.2, -0.15) is 14.0 Å². The van der Waals surface area contributed by atoms with Crippen LogP contribution >= 0.6 is 22.9 Å². The highest BCUT2D eigenvalue weighted by Gasteiger charge is 2.42. The van der Waals surface area contributed by atoms with E-state index in [1.165, 1.54) is 53.9 Å². The Morgan fingerprint density at radius 2 is 1.93 bits per heavy atom. The molecule has 0 aliphatic heterocycles. The number of rotatable bonds is 7. The van der Waals surface area contributed by atoms with Crippen molar-refractivity contribution in [1.29, 1.82) is 5.26 Å². The number of ether oxygens (including phenoxy) is 1. The van der Waals surface area contributed by atoms with Crippen molar-refractivity contribution in [3.05, 3.63) is 70.9 Å². The van der Waals surface area contributed by atoms with Gasteiger partial charge in [0.1, 0.15) is 28.2 Å². The Kier molecular flexibility index (Phi) is 6.59. The third-order valence-electron chi connectivity index (χ3n) is 3.75. The van der Waals surface area contributed by atoms with Crippen molar-refractivity contribution >= 4 is 34.2 Å². The van der Waals surface area contributed by atoms with Crippen LogP contribution in [0.15, 0.2) is 60.1 Å². The van der Waals surface area contributed by atoms with Gasteiger partial charge in [-0.15, -0.1) is 11.3 Å².